The lowest BCUT2D eigenvalue weighted by Gasteiger charge is -2.34. The van der Waals surface area contributed by atoms with Gasteiger partial charge in [0, 0.05) is 56.4 Å². The first kappa shape index (κ1) is 27.8. The van der Waals surface area contributed by atoms with Gasteiger partial charge in [0.15, 0.2) is 5.82 Å². The number of anilines is 1. The molecule has 236 valence electrons. The number of H-pyrrole nitrogens is 1. The summed E-state index contributed by atoms with van der Waals surface area (Å²) >= 11 is 0. The van der Waals surface area contributed by atoms with E-state index in [1.807, 2.05) is 0 Å². The fraction of sp³-hybridized carbons (Fsp3) is 0.588. The van der Waals surface area contributed by atoms with Crippen LogP contribution in [-0.2, 0) is 4.74 Å². The number of hydrogen-bond donors (Lipinski definition) is 1. The molecule has 11 heteroatoms. The van der Waals surface area contributed by atoms with Crippen molar-refractivity contribution in [2.75, 3.05) is 50.9 Å². The molecule has 1 aromatic carbocycles. The summed E-state index contributed by atoms with van der Waals surface area (Å²) in [4.78, 5) is 18.9. The predicted molar refractivity (Wildman–Crippen MR) is 167 cm³/mol. The van der Waals surface area contributed by atoms with E-state index in [4.69, 9.17) is 24.4 Å². The number of ether oxygens (including phenoxy) is 2. The van der Waals surface area contributed by atoms with Gasteiger partial charge in [-0.05, 0) is 86.9 Å². The van der Waals surface area contributed by atoms with Gasteiger partial charge in [-0.1, -0.05) is 0 Å². The van der Waals surface area contributed by atoms with Crippen molar-refractivity contribution >= 4 is 27.6 Å². The number of rotatable bonds is 3. The van der Waals surface area contributed by atoms with Crippen molar-refractivity contribution in [3.05, 3.63) is 35.4 Å². The minimum absolute atomic E-state index is 0.142. The van der Waals surface area contributed by atoms with Crippen molar-refractivity contribution in [1.82, 2.24) is 30.0 Å². The average Bonchev–Trinajstić information content (AvgIpc) is 3.28. The van der Waals surface area contributed by atoms with Crippen molar-refractivity contribution < 1.29 is 18.3 Å². The summed E-state index contributed by atoms with van der Waals surface area (Å²) in [7, 11) is 0. The van der Waals surface area contributed by atoms with E-state index in [0.29, 0.717) is 49.2 Å². The van der Waals surface area contributed by atoms with E-state index in [9.17, 15) is 4.39 Å². The molecule has 4 fully saturated rings. The van der Waals surface area contributed by atoms with Crippen molar-refractivity contribution in [3.63, 3.8) is 0 Å². The molecule has 6 aliphatic rings. The van der Waals surface area contributed by atoms with Gasteiger partial charge < -0.3 is 14.4 Å². The molecule has 1 saturated carbocycles. The smallest absolute Gasteiger partial charge is 0.319 e. The molecule has 5 atom stereocenters. The number of alkyl halides is 1. The van der Waals surface area contributed by atoms with Gasteiger partial charge in [-0.2, -0.15) is 15.1 Å². The zero-order chi connectivity index (χ0) is 30.3. The Balaban J connectivity index is 1.21. The van der Waals surface area contributed by atoms with Crippen LogP contribution in [0.1, 0.15) is 62.0 Å². The summed E-state index contributed by atoms with van der Waals surface area (Å²) in [6, 6.07) is 2.25. The van der Waals surface area contributed by atoms with Crippen LogP contribution in [0.2, 0.25) is 0 Å². The Kier molecular flexibility index (Phi) is 6.53. The van der Waals surface area contributed by atoms with Gasteiger partial charge in [-0.3, -0.25) is 15.0 Å². The molecule has 4 aromatic rings. The molecule has 0 spiro atoms. The average molecular weight is 616 g/mol. The Bertz CT molecular complexity index is 1800. The van der Waals surface area contributed by atoms with Gasteiger partial charge in [0.1, 0.15) is 29.8 Å². The Labute approximate surface area is 260 Å². The van der Waals surface area contributed by atoms with Gasteiger partial charge in [0.05, 0.1) is 22.6 Å². The molecular formula is C34H39F2N7O2. The number of hydrogen-bond acceptors (Lipinski definition) is 8. The van der Waals surface area contributed by atoms with E-state index >= 15 is 4.39 Å². The highest BCUT2D eigenvalue weighted by molar-refractivity contribution is 6.00. The minimum atomic E-state index is -0.858. The predicted octanol–water partition coefficient (Wildman–Crippen LogP) is 5.71. The van der Waals surface area contributed by atoms with Gasteiger partial charge >= 0.3 is 6.01 Å². The lowest BCUT2D eigenvalue weighted by molar-refractivity contribution is 0.107. The van der Waals surface area contributed by atoms with Crippen LogP contribution in [0.3, 0.4) is 0 Å². The van der Waals surface area contributed by atoms with E-state index in [1.165, 1.54) is 0 Å². The molecule has 3 unspecified atom stereocenters. The molecule has 5 aliphatic heterocycles. The third-order valence-corrected chi connectivity index (χ3v) is 11.2. The number of fused-ring (bicyclic) bond motifs is 6. The van der Waals surface area contributed by atoms with Gasteiger partial charge in [-0.25, -0.2) is 8.78 Å². The second-order valence-corrected chi connectivity index (χ2v) is 14.1. The topological polar surface area (TPSA) is 92.3 Å². The maximum atomic E-state index is 17.1. The Morgan fingerprint density at radius 2 is 2.07 bits per heavy atom. The summed E-state index contributed by atoms with van der Waals surface area (Å²) in [6.45, 7) is 6.77. The zero-order valence-electron chi connectivity index (χ0n) is 25.7. The molecule has 1 aliphatic carbocycles. The minimum Gasteiger partial charge on any atom is -0.461 e. The van der Waals surface area contributed by atoms with E-state index in [-0.39, 0.29) is 28.7 Å². The Hall–Kier alpha value is -3.44. The number of piperidine rings is 1. The van der Waals surface area contributed by atoms with Crippen LogP contribution in [0.25, 0.3) is 33.1 Å². The Morgan fingerprint density at radius 1 is 1.13 bits per heavy atom. The van der Waals surface area contributed by atoms with E-state index in [2.05, 4.69) is 33.0 Å². The second kappa shape index (κ2) is 10.6. The molecule has 0 amide bonds. The van der Waals surface area contributed by atoms with Gasteiger partial charge in [0.2, 0.25) is 0 Å². The van der Waals surface area contributed by atoms with E-state index in [0.717, 1.165) is 92.4 Å². The standard InChI is InChI=1S/C34H39F2N7O2/c1-19-10-26-24(14-38-41-26)28-27(19)23-11-21(23)17-44-9-5-20-4-2-7-42(15-20)32-25-13-37-31(28)29(36)30(25)39-33(40-32)45-18-34-6-3-8-43(34)16-22(35)12-34/h10,13-14,20-23H,2-9,11-12,15-18H2,1H3,(H,38,41)/t20?,21?,22-,23?,34+/m1/s1. The van der Waals surface area contributed by atoms with Gasteiger partial charge in [-0.15, -0.1) is 0 Å². The van der Waals surface area contributed by atoms with Crippen LogP contribution in [0.15, 0.2) is 18.5 Å². The first-order chi connectivity index (χ1) is 22.0. The van der Waals surface area contributed by atoms with Crippen molar-refractivity contribution in [3.8, 4) is 17.3 Å². The van der Waals surface area contributed by atoms with Crippen LogP contribution < -0.4 is 9.64 Å². The Morgan fingerprint density at radius 3 is 3.00 bits per heavy atom. The number of aromatic nitrogens is 5. The summed E-state index contributed by atoms with van der Waals surface area (Å²) in [6.07, 6.45) is 9.14. The van der Waals surface area contributed by atoms with E-state index < -0.39 is 12.0 Å². The first-order valence-electron chi connectivity index (χ1n) is 16.7. The number of nitrogens with one attached hydrogen (secondary N) is 1. The SMILES string of the molecule is Cc1cc2[nH]ncc2c2c1C1CC1COCCC1CCCN(C1)c1nc(OC[C@@]34CCCN3C[C@H](F)C4)nc3c(F)c-2ncc13. The lowest BCUT2D eigenvalue weighted by atomic mass is 9.91. The third-order valence-electron chi connectivity index (χ3n) is 11.2. The van der Waals surface area contributed by atoms with Crippen LogP contribution >= 0.6 is 0 Å². The molecular weight excluding hydrogens is 576 g/mol. The number of nitrogens with zero attached hydrogens (tertiary/aromatic N) is 6. The summed E-state index contributed by atoms with van der Waals surface area (Å²) < 4.78 is 44.2. The fourth-order valence-electron chi connectivity index (χ4n) is 8.89. The summed E-state index contributed by atoms with van der Waals surface area (Å²) in [5.41, 5.74) is 3.97. The number of aromatic amines is 1. The molecule has 6 bridgehead atoms. The number of aryl methyl sites for hydroxylation is 1. The normalized spacial score (nSPS) is 29.8. The molecule has 9 nitrogen and oxygen atoms in total. The maximum absolute atomic E-state index is 17.1. The number of benzene rings is 1. The molecule has 0 radical (unpaired) electrons. The monoisotopic (exact) mass is 615 g/mol. The van der Waals surface area contributed by atoms with Crippen LogP contribution in [-0.4, -0.2) is 87.8 Å². The zero-order valence-corrected chi connectivity index (χ0v) is 25.7. The van der Waals surface area contributed by atoms with Crippen LogP contribution in [0.4, 0.5) is 14.6 Å². The highest BCUT2D eigenvalue weighted by Gasteiger charge is 2.49. The quantitative estimate of drug-likeness (QED) is 0.314. The van der Waals surface area contributed by atoms with Crippen molar-refractivity contribution in [2.45, 2.75) is 69.5 Å². The van der Waals surface area contributed by atoms with E-state index in [1.54, 1.807) is 12.4 Å². The fourth-order valence-corrected chi connectivity index (χ4v) is 8.89. The largest absolute Gasteiger partial charge is 0.461 e. The summed E-state index contributed by atoms with van der Waals surface area (Å²) in [5.74, 6) is 1.30. The molecule has 45 heavy (non-hydrogen) atoms. The second-order valence-electron chi connectivity index (χ2n) is 14.1. The number of pyridine rings is 1. The maximum Gasteiger partial charge on any atom is 0.319 e. The highest BCUT2D eigenvalue weighted by atomic mass is 19.1. The summed E-state index contributed by atoms with van der Waals surface area (Å²) in [5, 5.41) is 8.83. The molecule has 10 rings (SSSR count). The van der Waals surface area contributed by atoms with Crippen molar-refractivity contribution in [2.24, 2.45) is 11.8 Å². The molecule has 3 aromatic heterocycles. The lowest BCUT2D eigenvalue weighted by Crippen LogP contribution is -2.43. The van der Waals surface area contributed by atoms with Gasteiger partial charge in [0.25, 0.3) is 0 Å². The molecule has 1 N–H and O–H groups in total. The van der Waals surface area contributed by atoms with Crippen molar-refractivity contribution in [1.29, 1.82) is 0 Å². The third kappa shape index (κ3) is 4.60. The number of halogens is 2. The molecule has 3 saturated heterocycles. The first-order valence-corrected chi connectivity index (χ1v) is 16.7. The highest BCUT2D eigenvalue weighted by Crippen LogP contribution is 2.53. The molecule has 8 heterocycles. The van der Waals surface area contributed by atoms with Crippen LogP contribution in [0, 0.1) is 24.6 Å². The van der Waals surface area contributed by atoms with Crippen LogP contribution in [0.5, 0.6) is 6.01 Å².